The minimum Gasteiger partial charge on any atom is -0.357 e. The van der Waals surface area contributed by atoms with Crippen LogP contribution in [0.1, 0.15) is 41.7 Å². The molecule has 0 aromatic carbocycles. The normalized spacial score (nSPS) is 20.0. The van der Waals surface area contributed by atoms with Crippen LogP contribution in [0.25, 0.3) is 11.3 Å². The van der Waals surface area contributed by atoms with E-state index in [1.165, 1.54) is 12.3 Å². The molecule has 1 unspecified atom stereocenters. The van der Waals surface area contributed by atoms with Gasteiger partial charge >= 0.3 is 6.18 Å². The maximum absolute atomic E-state index is 13.5. The number of alkyl halides is 3. The molecule has 150 valence electrons. The van der Waals surface area contributed by atoms with E-state index < -0.39 is 11.7 Å². The fourth-order valence-electron chi connectivity index (χ4n) is 3.19. The first-order valence-electron chi connectivity index (χ1n) is 9.31. The number of rotatable bonds is 5. The number of aromatic amines is 1. The Balaban J connectivity index is 1.62. The Morgan fingerprint density at radius 3 is 2.71 bits per heavy atom. The van der Waals surface area contributed by atoms with Crippen LogP contribution in [0.4, 0.5) is 19.1 Å². The summed E-state index contributed by atoms with van der Waals surface area (Å²) >= 11 is 0. The fraction of sp³-hybridized carbons (Fsp3) is 0.500. The van der Waals surface area contributed by atoms with Crippen LogP contribution in [-0.4, -0.2) is 46.0 Å². The number of halogens is 3. The summed E-state index contributed by atoms with van der Waals surface area (Å²) < 4.78 is 40.4. The number of amides is 1. The summed E-state index contributed by atoms with van der Waals surface area (Å²) in [5.41, 5.74) is -0.788. The molecule has 7 nitrogen and oxygen atoms in total. The van der Waals surface area contributed by atoms with Crippen molar-refractivity contribution in [3.05, 3.63) is 29.7 Å². The van der Waals surface area contributed by atoms with Gasteiger partial charge in [-0.1, -0.05) is 0 Å². The van der Waals surface area contributed by atoms with Gasteiger partial charge in [0, 0.05) is 36.6 Å². The Labute approximate surface area is 159 Å². The fourth-order valence-corrected chi connectivity index (χ4v) is 3.19. The van der Waals surface area contributed by atoms with Gasteiger partial charge < -0.3 is 20.9 Å². The van der Waals surface area contributed by atoms with E-state index in [0.29, 0.717) is 6.54 Å². The van der Waals surface area contributed by atoms with Gasteiger partial charge in [0.05, 0.1) is 5.69 Å². The second-order valence-electron chi connectivity index (χ2n) is 7.19. The molecule has 2 aromatic rings. The Morgan fingerprint density at radius 2 is 2.04 bits per heavy atom. The van der Waals surface area contributed by atoms with Crippen LogP contribution >= 0.6 is 0 Å². The van der Waals surface area contributed by atoms with Crippen molar-refractivity contribution >= 4 is 11.9 Å². The topological polar surface area (TPSA) is 94.7 Å². The molecule has 1 saturated heterocycles. The van der Waals surface area contributed by atoms with Crippen molar-refractivity contribution in [1.29, 1.82) is 0 Å². The number of carbonyl (C=O) groups is 1. The predicted molar refractivity (Wildman–Crippen MR) is 96.8 cm³/mol. The monoisotopic (exact) mass is 394 g/mol. The van der Waals surface area contributed by atoms with Crippen molar-refractivity contribution in [2.24, 2.45) is 0 Å². The second kappa shape index (κ2) is 7.42. The highest BCUT2D eigenvalue weighted by atomic mass is 19.4. The lowest BCUT2D eigenvalue weighted by atomic mass is 10.1. The van der Waals surface area contributed by atoms with Crippen LogP contribution in [-0.2, 0) is 6.18 Å². The van der Waals surface area contributed by atoms with E-state index in [0.717, 1.165) is 38.4 Å². The average molecular weight is 394 g/mol. The van der Waals surface area contributed by atoms with Crippen molar-refractivity contribution in [2.75, 3.05) is 18.4 Å². The first-order chi connectivity index (χ1) is 13.4. The van der Waals surface area contributed by atoms with Gasteiger partial charge in [-0.2, -0.15) is 13.2 Å². The van der Waals surface area contributed by atoms with Gasteiger partial charge in [0.1, 0.15) is 11.3 Å². The third-order valence-electron chi connectivity index (χ3n) is 4.84. The van der Waals surface area contributed by atoms with Gasteiger partial charge in [0.15, 0.2) is 0 Å². The lowest BCUT2D eigenvalue weighted by Crippen LogP contribution is -2.38. The Bertz CT molecular complexity index is 855. The summed E-state index contributed by atoms with van der Waals surface area (Å²) in [6.07, 6.45) is 1.27. The molecule has 1 amide bonds. The van der Waals surface area contributed by atoms with Gasteiger partial charge in [0.25, 0.3) is 5.91 Å². The van der Waals surface area contributed by atoms with E-state index >= 15 is 0 Å². The van der Waals surface area contributed by atoms with Gasteiger partial charge in [-0.05, 0) is 38.3 Å². The zero-order valence-corrected chi connectivity index (χ0v) is 15.1. The summed E-state index contributed by atoms with van der Waals surface area (Å²) in [6.45, 7) is 1.63. The van der Waals surface area contributed by atoms with Gasteiger partial charge in [0.2, 0.25) is 5.95 Å². The highest BCUT2D eigenvalue weighted by molar-refractivity contribution is 5.94. The molecule has 0 spiro atoms. The van der Waals surface area contributed by atoms with Crippen molar-refractivity contribution in [3.8, 4) is 11.3 Å². The van der Waals surface area contributed by atoms with E-state index in [1.54, 1.807) is 0 Å². The lowest BCUT2D eigenvalue weighted by molar-refractivity contribution is -0.137. The Morgan fingerprint density at radius 1 is 1.21 bits per heavy atom. The minimum absolute atomic E-state index is 0.0597. The molecular weight excluding hydrogens is 373 g/mol. The molecule has 4 N–H and O–H groups in total. The molecule has 28 heavy (non-hydrogen) atoms. The summed E-state index contributed by atoms with van der Waals surface area (Å²) in [7, 11) is 0. The highest BCUT2D eigenvalue weighted by Crippen LogP contribution is 2.36. The molecule has 1 aliphatic carbocycles. The third-order valence-corrected chi connectivity index (χ3v) is 4.84. The molecule has 1 atom stereocenters. The van der Waals surface area contributed by atoms with Crippen molar-refractivity contribution < 1.29 is 18.0 Å². The summed E-state index contributed by atoms with van der Waals surface area (Å²) in [4.78, 5) is 22.9. The van der Waals surface area contributed by atoms with Crippen LogP contribution in [0.3, 0.4) is 0 Å². The molecule has 1 aliphatic heterocycles. The van der Waals surface area contributed by atoms with Crippen molar-refractivity contribution in [2.45, 2.75) is 43.9 Å². The molecule has 0 radical (unpaired) electrons. The number of piperidine rings is 1. The van der Waals surface area contributed by atoms with E-state index in [1.807, 2.05) is 0 Å². The first-order valence-corrected chi connectivity index (χ1v) is 9.31. The smallest absolute Gasteiger partial charge is 0.357 e. The molecule has 1 saturated carbocycles. The molecule has 10 heteroatoms. The number of hydrogen-bond acceptors (Lipinski definition) is 5. The van der Waals surface area contributed by atoms with Crippen LogP contribution in [0.15, 0.2) is 18.5 Å². The van der Waals surface area contributed by atoms with Crippen molar-refractivity contribution in [3.63, 3.8) is 0 Å². The molecule has 3 heterocycles. The molecule has 2 aromatic heterocycles. The molecule has 2 fully saturated rings. The number of nitrogens with one attached hydrogen (secondary N) is 4. The molecule has 0 bridgehead atoms. The third kappa shape index (κ3) is 4.27. The quantitative estimate of drug-likeness (QED) is 0.625. The highest BCUT2D eigenvalue weighted by Gasteiger charge is 2.36. The lowest BCUT2D eigenvalue weighted by Gasteiger charge is -2.24. The maximum Gasteiger partial charge on any atom is 0.419 e. The number of carbonyl (C=O) groups excluding carboxylic acids is 1. The zero-order valence-electron chi connectivity index (χ0n) is 15.1. The van der Waals surface area contributed by atoms with Gasteiger partial charge in [-0.3, -0.25) is 4.79 Å². The largest absolute Gasteiger partial charge is 0.419 e. The minimum atomic E-state index is -4.60. The van der Waals surface area contributed by atoms with Crippen LogP contribution in [0.5, 0.6) is 0 Å². The van der Waals surface area contributed by atoms with Crippen LogP contribution in [0.2, 0.25) is 0 Å². The van der Waals surface area contributed by atoms with E-state index in [9.17, 15) is 18.0 Å². The number of anilines is 1. The maximum atomic E-state index is 13.5. The molecule has 4 rings (SSSR count). The summed E-state index contributed by atoms with van der Waals surface area (Å²) in [5, 5.41) is 9.12. The standard InChI is InChI=1S/C18H21F3N6O/c19-18(20,21)13-9-24-17(26-12-2-1-5-22-8-12)27-15(13)10-6-14(23-7-10)16(28)25-11-3-4-11/h6-7,9,11-12,22-23H,1-5,8H2,(H,25,28)(H,24,26,27). The molecule has 2 aliphatic rings. The zero-order chi connectivity index (χ0) is 19.7. The van der Waals surface area contributed by atoms with E-state index in [-0.39, 0.29) is 40.9 Å². The van der Waals surface area contributed by atoms with Crippen LogP contribution in [0, 0.1) is 0 Å². The second-order valence-corrected chi connectivity index (χ2v) is 7.19. The molecular formula is C18H21F3N6O. The van der Waals surface area contributed by atoms with E-state index in [2.05, 4.69) is 30.9 Å². The van der Waals surface area contributed by atoms with Crippen LogP contribution < -0.4 is 16.0 Å². The Kier molecular flexibility index (Phi) is 4.96. The number of nitrogens with zero attached hydrogens (tertiary/aromatic N) is 2. The van der Waals surface area contributed by atoms with Gasteiger partial charge in [-0.15, -0.1) is 0 Å². The number of hydrogen-bond donors (Lipinski definition) is 4. The SMILES string of the molecule is O=C(NC1CC1)c1cc(-c2nc(NC3CCCNC3)ncc2C(F)(F)F)c[nH]1. The number of H-pyrrole nitrogens is 1. The number of aromatic nitrogens is 3. The summed E-state index contributed by atoms with van der Waals surface area (Å²) in [5.74, 6) is -0.190. The van der Waals surface area contributed by atoms with Gasteiger partial charge in [-0.25, -0.2) is 9.97 Å². The van der Waals surface area contributed by atoms with E-state index in [4.69, 9.17) is 0 Å². The first kappa shape index (κ1) is 18.7. The summed E-state index contributed by atoms with van der Waals surface area (Å²) in [6, 6.07) is 1.61. The Hall–Kier alpha value is -2.62. The van der Waals surface area contributed by atoms with Crippen molar-refractivity contribution in [1.82, 2.24) is 25.6 Å². The predicted octanol–water partition coefficient (Wildman–Crippen LogP) is 2.55. The average Bonchev–Trinajstić information content (AvgIpc) is 3.33.